The van der Waals surface area contributed by atoms with Gasteiger partial charge >= 0.3 is 0 Å². The lowest BCUT2D eigenvalue weighted by molar-refractivity contribution is 0.195. The van der Waals surface area contributed by atoms with Gasteiger partial charge in [-0.2, -0.15) is 0 Å². The molecule has 1 unspecified atom stereocenters. The first-order valence-corrected chi connectivity index (χ1v) is 4.59. The summed E-state index contributed by atoms with van der Waals surface area (Å²) in [5.74, 6) is 0. The lowest BCUT2D eigenvalue weighted by Gasteiger charge is -2.04. The second-order valence-electron chi connectivity index (χ2n) is 3.36. The van der Waals surface area contributed by atoms with Gasteiger partial charge in [-0.25, -0.2) is 0 Å². The van der Waals surface area contributed by atoms with Crippen molar-refractivity contribution in [2.24, 2.45) is 0 Å². The van der Waals surface area contributed by atoms with Crippen molar-refractivity contribution in [2.45, 2.75) is 25.9 Å². The van der Waals surface area contributed by atoms with Gasteiger partial charge in [0.1, 0.15) is 0 Å². The van der Waals surface area contributed by atoms with Crippen LogP contribution in [0.4, 0.5) is 0 Å². The van der Waals surface area contributed by atoms with E-state index in [-0.39, 0.29) is 6.10 Å². The van der Waals surface area contributed by atoms with Crippen LogP contribution in [-0.2, 0) is 12.8 Å². The molecule has 0 saturated heterocycles. The molecule has 0 fully saturated rings. The maximum Gasteiger partial charge on any atom is 0.0552 e. The molecule has 1 aromatic carbocycles. The summed E-state index contributed by atoms with van der Waals surface area (Å²) in [6.45, 7) is 5.49. The van der Waals surface area contributed by atoms with Crippen molar-refractivity contribution in [1.82, 2.24) is 0 Å². The Hall–Kier alpha value is -1.08. The number of rotatable bonds is 4. The fourth-order valence-corrected chi connectivity index (χ4v) is 1.32. The smallest absolute Gasteiger partial charge is 0.0552 e. The van der Waals surface area contributed by atoms with Gasteiger partial charge in [-0.05, 0) is 30.9 Å². The Bertz CT molecular complexity index is 259. The Morgan fingerprint density at radius 1 is 1.31 bits per heavy atom. The fraction of sp³-hybridized carbons (Fsp3) is 0.333. The van der Waals surface area contributed by atoms with E-state index in [1.54, 1.807) is 6.92 Å². The van der Waals surface area contributed by atoms with Crippen LogP contribution >= 0.6 is 0 Å². The number of aliphatic hydroxyl groups excluding tert-OH is 1. The summed E-state index contributed by atoms with van der Waals surface area (Å²) >= 11 is 0. The number of aliphatic hydroxyl groups is 1. The van der Waals surface area contributed by atoms with Crippen molar-refractivity contribution in [1.29, 1.82) is 0 Å². The molecule has 0 radical (unpaired) electrons. The molecule has 0 bridgehead atoms. The van der Waals surface area contributed by atoms with Crippen LogP contribution in [0.5, 0.6) is 0 Å². The first-order valence-electron chi connectivity index (χ1n) is 4.59. The zero-order chi connectivity index (χ0) is 9.68. The van der Waals surface area contributed by atoms with Crippen molar-refractivity contribution >= 4 is 0 Å². The summed E-state index contributed by atoms with van der Waals surface area (Å²) in [6.07, 6.45) is 3.28. The molecule has 1 nitrogen and oxygen atoms in total. The lowest BCUT2D eigenvalue weighted by Crippen LogP contribution is -2.03. The minimum atomic E-state index is -0.259. The largest absolute Gasteiger partial charge is 0.393 e. The summed E-state index contributed by atoms with van der Waals surface area (Å²) in [5.41, 5.74) is 2.45. The highest BCUT2D eigenvalue weighted by molar-refractivity contribution is 5.24. The first kappa shape index (κ1) is 10.0. The lowest BCUT2D eigenvalue weighted by atomic mass is 10.1. The molecule has 1 heteroatoms. The van der Waals surface area contributed by atoms with Gasteiger partial charge in [-0.3, -0.25) is 0 Å². The Balaban J connectivity index is 2.63. The highest BCUT2D eigenvalue weighted by Gasteiger charge is 1.98. The predicted molar refractivity (Wildman–Crippen MR) is 55.7 cm³/mol. The molecule has 0 spiro atoms. The van der Waals surface area contributed by atoms with Crippen LogP contribution in [0.25, 0.3) is 0 Å². The molecule has 0 heterocycles. The van der Waals surface area contributed by atoms with Crippen molar-refractivity contribution in [3.05, 3.63) is 48.0 Å². The molecule has 1 aromatic rings. The van der Waals surface area contributed by atoms with Crippen molar-refractivity contribution in [2.75, 3.05) is 0 Å². The van der Waals surface area contributed by atoms with E-state index in [1.165, 1.54) is 11.1 Å². The standard InChI is InChI=1S/C12H16O/c1-3-4-11-5-7-12(8-6-11)9-10(2)13/h3,5-8,10,13H,1,4,9H2,2H3. The molecule has 0 saturated carbocycles. The highest BCUT2D eigenvalue weighted by atomic mass is 16.3. The Kier molecular flexibility index (Phi) is 3.71. The molecule has 70 valence electrons. The van der Waals surface area contributed by atoms with Crippen LogP contribution in [-0.4, -0.2) is 11.2 Å². The van der Waals surface area contributed by atoms with Crippen LogP contribution in [0.1, 0.15) is 18.1 Å². The molecule has 1 atom stereocenters. The van der Waals surface area contributed by atoms with E-state index in [0.717, 1.165) is 12.8 Å². The number of hydrogen-bond donors (Lipinski definition) is 1. The van der Waals surface area contributed by atoms with Crippen molar-refractivity contribution < 1.29 is 5.11 Å². The third-order valence-corrected chi connectivity index (χ3v) is 1.93. The third-order valence-electron chi connectivity index (χ3n) is 1.93. The molecule has 0 aliphatic heterocycles. The van der Waals surface area contributed by atoms with Crippen molar-refractivity contribution in [3.63, 3.8) is 0 Å². The van der Waals surface area contributed by atoms with Gasteiger partial charge in [-0.1, -0.05) is 30.3 Å². The van der Waals surface area contributed by atoms with E-state index in [4.69, 9.17) is 5.11 Å². The normalized spacial score (nSPS) is 12.5. The molecule has 1 N–H and O–H groups in total. The van der Waals surface area contributed by atoms with Crippen LogP contribution in [0.3, 0.4) is 0 Å². The van der Waals surface area contributed by atoms with E-state index in [0.29, 0.717) is 0 Å². The topological polar surface area (TPSA) is 20.2 Å². The Morgan fingerprint density at radius 3 is 2.31 bits per heavy atom. The zero-order valence-electron chi connectivity index (χ0n) is 8.03. The van der Waals surface area contributed by atoms with Crippen LogP contribution in [0.2, 0.25) is 0 Å². The summed E-state index contributed by atoms with van der Waals surface area (Å²) in [7, 11) is 0. The maximum absolute atomic E-state index is 9.16. The average Bonchev–Trinajstić information content (AvgIpc) is 2.08. The second-order valence-corrected chi connectivity index (χ2v) is 3.36. The molecule has 13 heavy (non-hydrogen) atoms. The van der Waals surface area contributed by atoms with E-state index in [2.05, 4.69) is 30.8 Å². The van der Waals surface area contributed by atoms with Gasteiger partial charge in [0.25, 0.3) is 0 Å². The number of allylic oxidation sites excluding steroid dienone is 1. The average molecular weight is 176 g/mol. The van der Waals surface area contributed by atoms with E-state index < -0.39 is 0 Å². The van der Waals surface area contributed by atoms with Gasteiger partial charge in [0.2, 0.25) is 0 Å². The fourth-order valence-electron chi connectivity index (χ4n) is 1.32. The van der Waals surface area contributed by atoms with E-state index >= 15 is 0 Å². The Morgan fingerprint density at radius 2 is 1.85 bits per heavy atom. The summed E-state index contributed by atoms with van der Waals surface area (Å²) in [6, 6.07) is 8.29. The molecular formula is C12H16O. The third kappa shape index (κ3) is 3.43. The molecule has 0 aromatic heterocycles. The molecule has 1 rings (SSSR count). The second kappa shape index (κ2) is 4.83. The minimum Gasteiger partial charge on any atom is -0.393 e. The monoisotopic (exact) mass is 176 g/mol. The minimum absolute atomic E-state index is 0.259. The van der Waals surface area contributed by atoms with Gasteiger partial charge in [0, 0.05) is 0 Å². The highest BCUT2D eigenvalue weighted by Crippen LogP contribution is 2.07. The first-order chi connectivity index (χ1) is 6.22. The quantitative estimate of drug-likeness (QED) is 0.698. The van der Waals surface area contributed by atoms with Crippen LogP contribution in [0.15, 0.2) is 36.9 Å². The molecular weight excluding hydrogens is 160 g/mol. The molecule has 0 aliphatic carbocycles. The van der Waals surface area contributed by atoms with Gasteiger partial charge < -0.3 is 5.11 Å². The summed E-state index contributed by atoms with van der Waals surface area (Å²) < 4.78 is 0. The van der Waals surface area contributed by atoms with Crippen LogP contribution in [0, 0.1) is 0 Å². The maximum atomic E-state index is 9.16. The predicted octanol–water partition coefficient (Wildman–Crippen LogP) is 2.34. The van der Waals surface area contributed by atoms with E-state index in [9.17, 15) is 0 Å². The molecule has 0 aliphatic rings. The molecule has 0 amide bonds. The van der Waals surface area contributed by atoms with Crippen LogP contribution < -0.4 is 0 Å². The number of benzene rings is 1. The summed E-state index contributed by atoms with van der Waals surface area (Å²) in [4.78, 5) is 0. The number of hydrogen-bond acceptors (Lipinski definition) is 1. The van der Waals surface area contributed by atoms with Gasteiger partial charge in [0.05, 0.1) is 6.10 Å². The van der Waals surface area contributed by atoms with Crippen molar-refractivity contribution in [3.8, 4) is 0 Å². The Labute approximate surface area is 79.7 Å². The zero-order valence-corrected chi connectivity index (χ0v) is 8.03. The van der Waals surface area contributed by atoms with Gasteiger partial charge in [0.15, 0.2) is 0 Å². The SMILES string of the molecule is C=CCc1ccc(CC(C)O)cc1. The summed E-state index contributed by atoms with van der Waals surface area (Å²) in [5, 5.41) is 9.16. The van der Waals surface area contributed by atoms with E-state index in [1.807, 2.05) is 6.08 Å². The van der Waals surface area contributed by atoms with Gasteiger partial charge in [-0.15, -0.1) is 6.58 Å².